The van der Waals surface area contributed by atoms with E-state index in [2.05, 4.69) is 9.97 Å². The van der Waals surface area contributed by atoms with Crippen LogP contribution in [0, 0.1) is 0 Å². The Morgan fingerprint density at radius 1 is 1.33 bits per heavy atom. The van der Waals surface area contributed by atoms with Gasteiger partial charge in [0, 0.05) is 11.9 Å². The summed E-state index contributed by atoms with van der Waals surface area (Å²) in [6, 6.07) is 4.47. The van der Waals surface area contributed by atoms with Crippen molar-refractivity contribution >= 4 is 24.6 Å². The van der Waals surface area contributed by atoms with E-state index in [1.807, 2.05) is 0 Å². The van der Waals surface area contributed by atoms with Crippen molar-refractivity contribution < 1.29 is 23.9 Å². The average molecular weight is 394 g/mol. The van der Waals surface area contributed by atoms with Crippen molar-refractivity contribution in [3.05, 3.63) is 57.1 Å². The fourth-order valence-corrected chi connectivity index (χ4v) is 3.18. The Balaban J connectivity index is 2.10. The molecule has 0 aliphatic carbocycles. The van der Waals surface area contributed by atoms with Gasteiger partial charge < -0.3 is 24.1 Å². The summed E-state index contributed by atoms with van der Waals surface area (Å²) < 4.78 is 18.4. The van der Waals surface area contributed by atoms with Gasteiger partial charge in [0.2, 0.25) is 0 Å². The number of aromatic amines is 1. The van der Waals surface area contributed by atoms with Gasteiger partial charge in [-0.3, -0.25) is 18.7 Å². The van der Waals surface area contributed by atoms with Gasteiger partial charge in [0.25, 0.3) is 0 Å². The van der Waals surface area contributed by atoms with Gasteiger partial charge in [-0.25, -0.2) is 9.78 Å². The number of nitrogens with zero attached hydrogens (tertiary/aromatic N) is 3. The minimum absolute atomic E-state index is 0.0944. The van der Waals surface area contributed by atoms with E-state index in [1.54, 1.807) is 13.0 Å². The summed E-state index contributed by atoms with van der Waals surface area (Å²) in [6.45, 7) is 1.88. The summed E-state index contributed by atoms with van der Waals surface area (Å²) in [5.41, 5.74) is -1.13. The van der Waals surface area contributed by atoms with Crippen LogP contribution in [0.15, 0.2) is 40.3 Å². The highest BCUT2D eigenvalue weighted by Crippen LogP contribution is 2.36. The number of hydrogen-bond acceptors (Lipinski definition) is 6. The Morgan fingerprint density at radius 2 is 2.07 bits per heavy atom. The number of benzene rings is 1. The number of nitrogens with one attached hydrogen (secondary N) is 1. The van der Waals surface area contributed by atoms with E-state index in [-0.39, 0.29) is 23.3 Å². The average Bonchev–Trinajstić information content (AvgIpc) is 3.08. The molecule has 0 radical (unpaired) electrons. The number of aromatic nitrogens is 4. The summed E-state index contributed by atoms with van der Waals surface area (Å²) in [4.78, 5) is 60.1. The Morgan fingerprint density at radius 3 is 2.74 bits per heavy atom. The number of esters is 1. The molecule has 0 aliphatic rings. The van der Waals surface area contributed by atoms with Gasteiger partial charge in [-0.1, -0.05) is 0 Å². The molecule has 0 unspecified atom stereocenters. The van der Waals surface area contributed by atoms with E-state index in [9.17, 15) is 18.9 Å². The molecule has 1 aromatic carbocycles. The summed E-state index contributed by atoms with van der Waals surface area (Å²) in [6.07, 6.45) is 1.89. The highest BCUT2D eigenvalue weighted by Gasteiger charge is 2.19. The molecule has 3 rings (SSSR count). The lowest BCUT2D eigenvalue weighted by Gasteiger charge is -2.11. The monoisotopic (exact) mass is 394 g/mol. The van der Waals surface area contributed by atoms with Gasteiger partial charge in [0.1, 0.15) is 12.6 Å². The maximum Gasteiger partial charge on any atom is 0.358 e. The largest absolute Gasteiger partial charge is 0.461 e. The van der Waals surface area contributed by atoms with E-state index < -0.39 is 31.0 Å². The third-order valence-electron chi connectivity index (χ3n) is 3.65. The fourth-order valence-electron chi connectivity index (χ4n) is 2.53. The molecular formula is C15H15N4O7P. The van der Waals surface area contributed by atoms with Crippen LogP contribution in [-0.4, -0.2) is 41.5 Å². The first-order valence-corrected chi connectivity index (χ1v) is 9.52. The van der Waals surface area contributed by atoms with Gasteiger partial charge in [-0.2, -0.15) is 0 Å². The van der Waals surface area contributed by atoms with Crippen LogP contribution in [0.2, 0.25) is 0 Å². The molecule has 142 valence electrons. The SMILES string of the molecule is CCOC(=O)c1cn(-c2ccc3c(c2)[nH]c(=O)c(=O)n3CP(=O)(O)O)cn1. The predicted molar refractivity (Wildman–Crippen MR) is 94.0 cm³/mol. The van der Waals surface area contributed by atoms with Crippen molar-refractivity contribution in [3.63, 3.8) is 0 Å². The molecule has 3 aromatic rings. The van der Waals surface area contributed by atoms with Crippen LogP contribution in [0.5, 0.6) is 0 Å². The standard InChI is InChI=1S/C15H15N4O7P/c1-2-26-15(22)11-6-18(7-16-11)9-3-4-12-10(5-9)17-13(20)14(21)19(12)8-27(23,24)25/h3-7H,2,8H2,1H3,(H,17,20)(H2,23,24,25). The second-order valence-corrected chi connectivity index (χ2v) is 7.19. The number of H-pyrrole nitrogens is 1. The first kappa shape index (κ1) is 18.8. The van der Waals surface area contributed by atoms with Gasteiger partial charge >= 0.3 is 24.7 Å². The molecule has 0 fully saturated rings. The Kier molecular flexibility index (Phi) is 4.83. The van der Waals surface area contributed by atoms with E-state index in [1.165, 1.54) is 29.2 Å². The van der Waals surface area contributed by atoms with Gasteiger partial charge in [0.05, 0.1) is 17.6 Å². The second-order valence-electron chi connectivity index (χ2n) is 5.58. The van der Waals surface area contributed by atoms with E-state index in [4.69, 9.17) is 14.5 Å². The van der Waals surface area contributed by atoms with Crippen LogP contribution < -0.4 is 11.1 Å². The first-order chi connectivity index (χ1) is 12.7. The number of imidazole rings is 1. The van der Waals surface area contributed by atoms with Crippen LogP contribution in [0.3, 0.4) is 0 Å². The zero-order valence-corrected chi connectivity index (χ0v) is 14.9. The summed E-state index contributed by atoms with van der Waals surface area (Å²) in [5.74, 6) is -0.582. The summed E-state index contributed by atoms with van der Waals surface area (Å²) >= 11 is 0. The molecule has 0 atom stereocenters. The molecule has 2 aromatic heterocycles. The quantitative estimate of drug-likeness (QED) is 0.314. The lowest BCUT2D eigenvalue weighted by molar-refractivity contribution is 0.0520. The Hall–Kier alpha value is -3.01. The van der Waals surface area contributed by atoms with Gasteiger partial charge in [0.15, 0.2) is 5.69 Å². The van der Waals surface area contributed by atoms with Crippen LogP contribution in [0.25, 0.3) is 16.7 Å². The van der Waals surface area contributed by atoms with Crippen molar-refractivity contribution in [2.24, 2.45) is 0 Å². The van der Waals surface area contributed by atoms with E-state index in [0.29, 0.717) is 5.69 Å². The summed E-state index contributed by atoms with van der Waals surface area (Å²) in [5, 5.41) is 0. The maximum absolute atomic E-state index is 12.0. The van der Waals surface area contributed by atoms with Crippen molar-refractivity contribution in [1.29, 1.82) is 0 Å². The highest BCUT2D eigenvalue weighted by molar-refractivity contribution is 7.50. The van der Waals surface area contributed by atoms with Crippen molar-refractivity contribution in [2.75, 3.05) is 6.61 Å². The Labute approximate surface area is 151 Å². The van der Waals surface area contributed by atoms with Crippen LogP contribution in [0.4, 0.5) is 0 Å². The Bertz CT molecular complexity index is 1190. The number of fused-ring (bicyclic) bond motifs is 1. The minimum Gasteiger partial charge on any atom is -0.461 e. The lowest BCUT2D eigenvalue weighted by Crippen LogP contribution is -2.36. The zero-order chi connectivity index (χ0) is 19.8. The minimum atomic E-state index is -4.58. The van der Waals surface area contributed by atoms with Crippen molar-refractivity contribution in [1.82, 2.24) is 19.1 Å². The second kappa shape index (κ2) is 6.95. The molecule has 0 bridgehead atoms. The van der Waals surface area contributed by atoms with Gasteiger partial charge in [-0.05, 0) is 25.1 Å². The number of carbonyl (C=O) groups excluding carboxylic acids is 1. The molecule has 12 heteroatoms. The number of carbonyl (C=O) groups is 1. The third kappa shape index (κ3) is 3.90. The predicted octanol–water partition coefficient (Wildman–Crippen LogP) is 0.187. The van der Waals surface area contributed by atoms with Gasteiger partial charge in [-0.15, -0.1) is 0 Å². The molecule has 11 nitrogen and oxygen atoms in total. The fraction of sp³-hybridized carbons (Fsp3) is 0.200. The number of ether oxygens (including phenoxy) is 1. The zero-order valence-electron chi connectivity index (χ0n) is 14.0. The molecule has 0 spiro atoms. The van der Waals surface area contributed by atoms with Crippen molar-refractivity contribution in [2.45, 2.75) is 13.2 Å². The van der Waals surface area contributed by atoms with Crippen LogP contribution >= 0.6 is 7.60 Å². The number of hydrogen-bond donors (Lipinski definition) is 3. The molecule has 0 aliphatic heterocycles. The maximum atomic E-state index is 12.0. The molecule has 0 saturated carbocycles. The normalized spacial score (nSPS) is 11.7. The number of rotatable bonds is 5. The summed E-state index contributed by atoms with van der Waals surface area (Å²) in [7, 11) is -4.58. The lowest BCUT2D eigenvalue weighted by atomic mass is 10.2. The van der Waals surface area contributed by atoms with Crippen LogP contribution in [0.1, 0.15) is 17.4 Å². The topological polar surface area (TPSA) is 157 Å². The molecular weight excluding hydrogens is 379 g/mol. The molecule has 0 saturated heterocycles. The van der Waals surface area contributed by atoms with E-state index in [0.717, 1.165) is 4.57 Å². The van der Waals surface area contributed by atoms with Crippen molar-refractivity contribution in [3.8, 4) is 5.69 Å². The highest BCUT2D eigenvalue weighted by atomic mass is 31.2. The van der Waals surface area contributed by atoms with E-state index >= 15 is 0 Å². The van der Waals surface area contributed by atoms with Crippen LogP contribution in [-0.2, 0) is 15.6 Å². The molecule has 0 amide bonds. The molecule has 2 heterocycles. The molecule has 27 heavy (non-hydrogen) atoms. The third-order valence-corrected chi connectivity index (χ3v) is 4.30. The first-order valence-electron chi connectivity index (χ1n) is 7.72. The molecule has 3 N–H and O–H groups in total. The smallest absolute Gasteiger partial charge is 0.358 e.